The van der Waals surface area contributed by atoms with E-state index in [2.05, 4.69) is 27.0 Å². The summed E-state index contributed by atoms with van der Waals surface area (Å²) in [7, 11) is 0. The predicted molar refractivity (Wildman–Crippen MR) is 53.2 cm³/mol. The normalized spacial score (nSPS) is 22.6. The average molecular weight is 196 g/mol. The third-order valence-corrected chi connectivity index (χ3v) is 2.52. The molecule has 1 aromatic rings. The lowest BCUT2D eigenvalue weighted by Gasteiger charge is -2.34. The molecule has 14 heavy (non-hydrogen) atoms. The Hall–Kier alpha value is -1.10. The van der Waals surface area contributed by atoms with Gasteiger partial charge in [-0.25, -0.2) is 5.10 Å². The zero-order valence-corrected chi connectivity index (χ0v) is 8.44. The molecule has 0 saturated carbocycles. The second-order valence-electron chi connectivity index (χ2n) is 3.52. The van der Waals surface area contributed by atoms with Crippen molar-refractivity contribution in [2.24, 2.45) is 0 Å². The molecule has 5 nitrogen and oxygen atoms in total. The third kappa shape index (κ3) is 1.87. The number of aromatic nitrogens is 3. The number of H-pyrrole nitrogens is 1. The van der Waals surface area contributed by atoms with E-state index in [9.17, 15) is 0 Å². The largest absolute Gasteiger partial charge is 0.377 e. The lowest BCUT2D eigenvalue weighted by Crippen LogP contribution is -2.46. The molecule has 2 rings (SSSR count). The molecule has 1 fully saturated rings. The van der Waals surface area contributed by atoms with Gasteiger partial charge in [0.05, 0.1) is 19.3 Å². The number of hydrogen-bond donors (Lipinski definition) is 1. The van der Waals surface area contributed by atoms with Crippen LogP contribution in [0.15, 0.2) is 6.33 Å². The van der Waals surface area contributed by atoms with Crippen LogP contribution < -0.4 is 4.90 Å². The minimum absolute atomic E-state index is 0.446. The van der Waals surface area contributed by atoms with Gasteiger partial charge in [0.25, 0.3) is 0 Å². The van der Waals surface area contributed by atoms with Crippen molar-refractivity contribution in [3.05, 3.63) is 6.33 Å². The van der Waals surface area contributed by atoms with Crippen LogP contribution in [-0.4, -0.2) is 41.0 Å². The number of nitrogens with one attached hydrogen (secondary N) is 1. The molecule has 0 spiro atoms. The van der Waals surface area contributed by atoms with E-state index in [1.54, 1.807) is 6.33 Å². The van der Waals surface area contributed by atoms with Crippen molar-refractivity contribution >= 4 is 5.95 Å². The van der Waals surface area contributed by atoms with Crippen molar-refractivity contribution in [1.82, 2.24) is 15.2 Å². The summed E-state index contributed by atoms with van der Waals surface area (Å²) in [6.45, 7) is 4.67. The smallest absolute Gasteiger partial charge is 0.221 e. The zero-order chi connectivity index (χ0) is 9.80. The van der Waals surface area contributed by atoms with Crippen LogP contribution in [0.3, 0.4) is 0 Å². The van der Waals surface area contributed by atoms with Gasteiger partial charge in [-0.15, -0.1) is 0 Å². The number of nitrogens with zero attached hydrogens (tertiary/aromatic N) is 3. The van der Waals surface area contributed by atoms with Crippen molar-refractivity contribution in [1.29, 1.82) is 0 Å². The topological polar surface area (TPSA) is 54.0 Å². The van der Waals surface area contributed by atoms with Gasteiger partial charge in [0.15, 0.2) is 0 Å². The molecule has 1 aliphatic rings. The summed E-state index contributed by atoms with van der Waals surface area (Å²) in [6.07, 6.45) is 3.85. The van der Waals surface area contributed by atoms with Gasteiger partial charge in [-0.3, -0.25) is 0 Å². The molecule has 1 unspecified atom stereocenters. The summed E-state index contributed by atoms with van der Waals surface area (Å²) in [4.78, 5) is 6.43. The summed E-state index contributed by atoms with van der Waals surface area (Å²) in [5.41, 5.74) is 0. The van der Waals surface area contributed by atoms with Gasteiger partial charge in [0.1, 0.15) is 6.33 Å². The molecule has 1 N–H and O–H groups in total. The van der Waals surface area contributed by atoms with Crippen LogP contribution in [0.5, 0.6) is 0 Å². The van der Waals surface area contributed by atoms with Gasteiger partial charge in [-0.05, 0) is 6.42 Å². The molecule has 0 aromatic carbocycles. The average Bonchev–Trinajstić information content (AvgIpc) is 2.72. The number of hydrogen-bond acceptors (Lipinski definition) is 4. The van der Waals surface area contributed by atoms with E-state index >= 15 is 0 Å². The van der Waals surface area contributed by atoms with Gasteiger partial charge in [-0.1, -0.05) is 13.3 Å². The highest BCUT2D eigenvalue weighted by Gasteiger charge is 2.23. The molecule has 78 valence electrons. The lowest BCUT2D eigenvalue weighted by atomic mass is 10.1. The van der Waals surface area contributed by atoms with Crippen LogP contribution in [0.25, 0.3) is 0 Å². The van der Waals surface area contributed by atoms with Gasteiger partial charge in [0, 0.05) is 6.54 Å². The molecule has 0 radical (unpaired) electrons. The van der Waals surface area contributed by atoms with Crippen LogP contribution in [0.1, 0.15) is 19.8 Å². The molecule has 1 aliphatic heterocycles. The van der Waals surface area contributed by atoms with E-state index in [-0.39, 0.29) is 0 Å². The van der Waals surface area contributed by atoms with Crippen molar-refractivity contribution < 1.29 is 4.74 Å². The van der Waals surface area contributed by atoms with Crippen molar-refractivity contribution in [2.75, 3.05) is 24.7 Å². The van der Waals surface area contributed by atoms with Crippen molar-refractivity contribution in [3.8, 4) is 0 Å². The predicted octanol–water partition coefficient (Wildman–Crippen LogP) is 0.810. The molecule has 1 aromatic heterocycles. The van der Waals surface area contributed by atoms with Gasteiger partial charge in [0.2, 0.25) is 5.95 Å². The quantitative estimate of drug-likeness (QED) is 0.777. The Labute approximate surface area is 83.5 Å². The fourth-order valence-electron chi connectivity index (χ4n) is 1.84. The molecular weight excluding hydrogens is 180 g/mol. The van der Waals surface area contributed by atoms with Crippen molar-refractivity contribution in [3.63, 3.8) is 0 Å². The Morgan fingerprint density at radius 2 is 2.64 bits per heavy atom. The van der Waals surface area contributed by atoms with Crippen LogP contribution >= 0.6 is 0 Å². The summed E-state index contributed by atoms with van der Waals surface area (Å²) in [5.74, 6) is 0.867. The summed E-state index contributed by atoms with van der Waals surface area (Å²) < 4.78 is 5.46. The van der Waals surface area contributed by atoms with E-state index in [0.717, 1.165) is 32.1 Å². The van der Waals surface area contributed by atoms with Crippen LogP contribution in [-0.2, 0) is 4.74 Å². The number of anilines is 1. The fraction of sp³-hybridized carbons (Fsp3) is 0.778. The Bertz CT molecular complexity index is 260. The van der Waals surface area contributed by atoms with E-state index in [1.165, 1.54) is 6.42 Å². The standard InChI is InChI=1S/C9H16N4O/c1-2-3-8-6-14-5-4-13(8)9-10-7-11-12-9/h7-8H,2-6H2,1H3,(H,10,11,12). The second-order valence-corrected chi connectivity index (χ2v) is 3.52. The number of aromatic amines is 1. The molecule has 1 atom stereocenters. The first-order valence-electron chi connectivity index (χ1n) is 5.11. The Balaban J connectivity index is 2.06. The highest BCUT2D eigenvalue weighted by molar-refractivity contribution is 5.30. The fourth-order valence-corrected chi connectivity index (χ4v) is 1.84. The molecule has 0 bridgehead atoms. The first-order chi connectivity index (χ1) is 6.92. The highest BCUT2D eigenvalue weighted by atomic mass is 16.5. The first kappa shape index (κ1) is 9.45. The maximum atomic E-state index is 5.46. The summed E-state index contributed by atoms with van der Waals surface area (Å²) in [6, 6.07) is 0.446. The molecule has 2 heterocycles. The van der Waals surface area contributed by atoms with Gasteiger partial charge < -0.3 is 9.64 Å². The van der Waals surface area contributed by atoms with Gasteiger partial charge in [-0.2, -0.15) is 10.1 Å². The van der Waals surface area contributed by atoms with E-state index < -0.39 is 0 Å². The third-order valence-electron chi connectivity index (χ3n) is 2.52. The lowest BCUT2D eigenvalue weighted by molar-refractivity contribution is 0.0905. The molecule has 0 aliphatic carbocycles. The molecular formula is C9H16N4O. The maximum Gasteiger partial charge on any atom is 0.221 e. The van der Waals surface area contributed by atoms with E-state index in [1.807, 2.05) is 0 Å². The van der Waals surface area contributed by atoms with Gasteiger partial charge >= 0.3 is 0 Å². The van der Waals surface area contributed by atoms with E-state index in [0.29, 0.717) is 6.04 Å². The van der Waals surface area contributed by atoms with Crippen LogP contribution in [0, 0.1) is 0 Å². The number of ether oxygens (including phenoxy) is 1. The van der Waals surface area contributed by atoms with E-state index in [4.69, 9.17) is 4.74 Å². The Morgan fingerprint density at radius 3 is 3.36 bits per heavy atom. The number of morpholine rings is 1. The highest BCUT2D eigenvalue weighted by Crippen LogP contribution is 2.17. The van der Waals surface area contributed by atoms with Crippen LogP contribution in [0.2, 0.25) is 0 Å². The number of rotatable bonds is 3. The minimum atomic E-state index is 0.446. The summed E-state index contributed by atoms with van der Waals surface area (Å²) in [5, 5.41) is 6.78. The zero-order valence-electron chi connectivity index (χ0n) is 8.44. The maximum absolute atomic E-state index is 5.46. The second kappa shape index (κ2) is 4.41. The van der Waals surface area contributed by atoms with Crippen molar-refractivity contribution in [2.45, 2.75) is 25.8 Å². The minimum Gasteiger partial charge on any atom is -0.377 e. The molecule has 0 amide bonds. The monoisotopic (exact) mass is 196 g/mol. The van der Waals surface area contributed by atoms with Crippen LogP contribution in [0.4, 0.5) is 5.95 Å². The molecule has 5 heteroatoms. The Morgan fingerprint density at radius 1 is 1.71 bits per heavy atom. The molecule has 1 saturated heterocycles. The SMILES string of the molecule is CCCC1COCCN1c1ncn[nH]1. The Kier molecular flexibility index (Phi) is 2.98. The first-order valence-corrected chi connectivity index (χ1v) is 5.11. The summed E-state index contributed by atoms with van der Waals surface area (Å²) >= 11 is 0.